The highest BCUT2D eigenvalue weighted by Crippen LogP contribution is 2.09. The van der Waals surface area contributed by atoms with Crippen molar-refractivity contribution in [2.45, 2.75) is 19.9 Å². The summed E-state index contributed by atoms with van der Waals surface area (Å²) in [6.07, 6.45) is 4.66. The number of aliphatic imine (C=N–C) groups is 1. The molecule has 1 aromatic carbocycles. The summed E-state index contributed by atoms with van der Waals surface area (Å²) in [4.78, 5) is 4.60. The summed E-state index contributed by atoms with van der Waals surface area (Å²) in [5.41, 5.74) is 2.21. The molecular formula is C17H25N5O. The molecule has 124 valence electrons. The molecule has 0 fully saturated rings. The number of nitrogens with zero attached hydrogens (tertiary/aromatic N) is 3. The van der Waals surface area contributed by atoms with Crippen molar-refractivity contribution >= 4 is 5.96 Å². The van der Waals surface area contributed by atoms with Crippen LogP contribution in [0.4, 0.5) is 0 Å². The standard InChI is InChI=1S/C17H25N5O/c1-3-18-17(19-10-5-13-23-2)20-14-15-6-8-16(9-7-15)22-12-4-11-21-22/h4,6-9,11-12H,3,5,10,13-14H2,1-2H3,(H2,18,19,20). The van der Waals surface area contributed by atoms with E-state index in [9.17, 15) is 0 Å². The van der Waals surface area contributed by atoms with Gasteiger partial charge in [-0.05, 0) is 37.1 Å². The first kappa shape index (κ1) is 17.0. The van der Waals surface area contributed by atoms with Crippen molar-refractivity contribution in [1.29, 1.82) is 0 Å². The van der Waals surface area contributed by atoms with Crippen molar-refractivity contribution in [3.63, 3.8) is 0 Å². The van der Waals surface area contributed by atoms with Crippen LogP contribution < -0.4 is 10.6 Å². The molecule has 2 rings (SSSR count). The van der Waals surface area contributed by atoms with Gasteiger partial charge in [0.1, 0.15) is 0 Å². The smallest absolute Gasteiger partial charge is 0.191 e. The molecule has 2 N–H and O–H groups in total. The molecule has 0 saturated carbocycles. The fourth-order valence-corrected chi connectivity index (χ4v) is 2.11. The first-order valence-electron chi connectivity index (χ1n) is 7.93. The van der Waals surface area contributed by atoms with E-state index in [0.717, 1.165) is 43.3 Å². The Kier molecular flexibility index (Phi) is 7.13. The Balaban J connectivity index is 1.90. The van der Waals surface area contributed by atoms with Gasteiger partial charge in [0.25, 0.3) is 0 Å². The quantitative estimate of drug-likeness (QED) is 0.444. The van der Waals surface area contributed by atoms with Crippen LogP contribution in [0.1, 0.15) is 18.9 Å². The fraction of sp³-hybridized carbons (Fsp3) is 0.412. The van der Waals surface area contributed by atoms with E-state index < -0.39 is 0 Å². The zero-order chi connectivity index (χ0) is 16.3. The van der Waals surface area contributed by atoms with Gasteiger partial charge in [0.15, 0.2) is 5.96 Å². The topological polar surface area (TPSA) is 63.5 Å². The first-order chi connectivity index (χ1) is 11.3. The number of hydrogen-bond donors (Lipinski definition) is 2. The molecule has 1 aromatic heterocycles. The second-order valence-electron chi connectivity index (χ2n) is 5.09. The summed E-state index contributed by atoms with van der Waals surface area (Å²) in [6.45, 7) is 5.14. The second-order valence-corrected chi connectivity index (χ2v) is 5.09. The maximum Gasteiger partial charge on any atom is 0.191 e. The van der Waals surface area contributed by atoms with E-state index in [0.29, 0.717) is 6.54 Å². The highest BCUT2D eigenvalue weighted by molar-refractivity contribution is 5.79. The van der Waals surface area contributed by atoms with Crippen LogP contribution in [0.3, 0.4) is 0 Å². The van der Waals surface area contributed by atoms with Crippen LogP contribution in [0.2, 0.25) is 0 Å². The molecule has 0 atom stereocenters. The number of benzene rings is 1. The van der Waals surface area contributed by atoms with Crippen molar-refractivity contribution in [3.05, 3.63) is 48.3 Å². The van der Waals surface area contributed by atoms with Gasteiger partial charge in [0, 0.05) is 39.2 Å². The third-order valence-corrected chi connectivity index (χ3v) is 3.29. The lowest BCUT2D eigenvalue weighted by atomic mass is 10.2. The van der Waals surface area contributed by atoms with Crippen molar-refractivity contribution in [1.82, 2.24) is 20.4 Å². The van der Waals surface area contributed by atoms with Crippen LogP contribution in [-0.4, -0.2) is 42.5 Å². The molecule has 0 saturated heterocycles. The number of guanidine groups is 1. The van der Waals surface area contributed by atoms with Crippen molar-refractivity contribution in [2.75, 3.05) is 26.8 Å². The molecule has 1 heterocycles. The van der Waals surface area contributed by atoms with Gasteiger partial charge in [-0.1, -0.05) is 12.1 Å². The third-order valence-electron chi connectivity index (χ3n) is 3.29. The molecule has 0 aliphatic carbocycles. The second kappa shape index (κ2) is 9.63. The Morgan fingerprint density at radius 1 is 1.26 bits per heavy atom. The van der Waals surface area contributed by atoms with Gasteiger partial charge in [0.2, 0.25) is 0 Å². The third kappa shape index (κ3) is 5.75. The molecule has 0 amide bonds. The van der Waals surface area contributed by atoms with Gasteiger partial charge < -0.3 is 15.4 Å². The van der Waals surface area contributed by atoms with Gasteiger partial charge in [-0.3, -0.25) is 0 Å². The average molecular weight is 315 g/mol. The van der Waals surface area contributed by atoms with Gasteiger partial charge in [-0.15, -0.1) is 0 Å². The Hall–Kier alpha value is -2.34. The van der Waals surface area contributed by atoms with Crippen molar-refractivity contribution < 1.29 is 4.74 Å². The molecule has 23 heavy (non-hydrogen) atoms. The molecule has 6 nitrogen and oxygen atoms in total. The first-order valence-corrected chi connectivity index (χ1v) is 7.93. The monoisotopic (exact) mass is 315 g/mol. The van der Waals surface area contributed by atoms with E-state index in [-0.39, 0.29) is 0 Å². The summed E-state index contributed by atoms with van der Waals surface area (Å²) in [5.74, 6) is 0.833. The van der Waals surface area contributed by atoms with Crippen LogP contribution in [-0.2, 0) is 11.3 Å². The van der Waals surface area contributed by atoms with E-state index in [1.165, 1.54) is 0 Å². The minimum atomic E-state index is 0.638. The molecule has 2 aromatic rings. The zero-order valence-corrected chi connectivity index (χ0v) is 13.8. The molecule has 6 heteroatoms. The lowest BCUT2D eigenvalue weighted by Crippen LogP contribution is -2.38. The molecule has 0 unspecified atom stereocenters. The summed E-state index contributed by atoms with van der Waals surface area (Å²) < 4.78 is 6.89. The van der Waals surface area contributed by atoms with Crippen LogP contribution >= 0.6 is 0 Å². The van der Waals surface area contributed by atoms with Crippen molar-refractivity contribution in [2.24, 2.45) is 4.99 Å². The van der Waals surface area contributed by atoms with Gasteiger partial charge in [-0.25, -0.2) is 9.67 Å². The van der Waals surface area contributed by atoms with Gasteiger partial charge in [-0.2, -0.15) is 5.10 Å². The fourth-order valence-electron chi connectivity index (χ4n) is 2.11. The highest BCUT2D eigenvalue weighted by Gasteiger charge is 1.99. The predicted molar refractivity (Wildman–Crippen MR) is 92.9 cm³/mol. The SMILES string of the molecule is CCNC(=NCc1ccc(-n2cccn2)cc1)NCCCOC. The minimum absolute atomic E-state index is 0.638. The van der Waals surface area contributed by atoms with E-state index in [1.807, 2.05) is 16.9 Å². The van der Waals surface area contributed by atoms with Gasteiger partial charge in [0.05, 0.1) is 12.2 Å². The van der Waals surface area contributed by atoms with Crippen LogP contribution in [0.15, 0.2) is 47.7 Å². The molecule has 0 spiro atoms. The average Bonchev–Trinajstić information content (AvgIpc) is 3.11. The maximum absolute atomic E-state index is 5.05. The number of ether oxygens (including phenoxy) is 1. The largest absolute Gasteiger partial charge is 0.385 e. The maximum atomic E-state index is 5.05. The van der Waals surface area contributed by atoms with E-state index in [2.05, 4.69) is 51.9 Å². The number of rotatable bonds is 8. The normalized spacial score (nSPS) is 11.5. The summed E-state index contributed by atoms with van der Waals surface area (Å²) >= 11 is 0. The lowest BCUT2D eigenvalue weighted by molar-refractivity contribution is 0.195. The number of nitrogens with one attached hydrogen (secondary N) is 2. The predicted octanol–water partition coefficient (Wildman–Crippen LogP) is 1.96. The Bertz CT molecular complexity index is 578. The molecular weight excluding hydrogens is 290 g/mol. The van der Waals surface area contributed by atoms with Crippen LogP contribution in [0.5, 0.6) is 0 Å². The molecule has 0 radical (unpaired) electrons. The lowest BCUT2D eigenvalue weighted by Gasteiger charge is -2.11. The zero-order valence-electron chi connectivity index (χ0n) is 13.8. The van der Waals surface area contributed by atoms with E-state index in [1.54, 1.807) is 13.3 Å². The summed E-state index contributed by atoms with van der Waals surface area (Å²) in [7, 11) is 1.71. The Morgan fingerprint density at radius 2 is 2.09 bits per heavy atom. The van der Waals surface area contributed by atoms with Gasteiger partial charge >= 0.3 is 0 Å². The number of aromatic nitrogens is 2. The Morgan fingerprint density at radius 3 is 2.74 bits per heavy atom. The van der Waals surface area contributed by atoms with E-state index >= 15 is 0 Å². The van der Waals surface area contributed by atoms with Crippen LogP contribution in [0.25, 0.3) is 5.69 Å². The molecule has 0 aliphatic rings. The molecule has 0 bridgehead atoms. The summed E-state index contributed by atoms with van der Waals surface area (Å²) in [6, 6.07) is 10.2. The summed E-state index contributed by atoms with van der Waals surface area (Å²) in [5, 5.41) is 10.8. The number of hydrogen-bond acceptors (Lipinski definition) is 3. The Labute approximate surface area is 137 Å². The van der Waals surface area contributed by atoms with E-state index in [4.69, 9.17) is 4.74 Å². The number of methoxy groups -OCH3 is 1. The van der Waals surface area contributed by atoms with Crippen molar-refractivity contribution in [3.8, 4) is 5.69 Å². The van der Waals surface area contributed by atoms with Crippen LogP contribution in [0, 0.1) is 0 Å². The highest BCUT2D eigenvalue weighted by atomic mass is 16.5. The molecule has 0 aliphatic heterocycles. The minimum Gasteiger partial charge on any atom is -0.385 e.